The van der Waals surface area contributed by atoms with E-state index in [0.29, 0.717) is 19.6 Å². The zero-order chi connectivity index (χ0) is 26.3. The van der Waals surface area contributed by atoms with Gasteiger partial charge in [-0.3, -0.25) is 4.79 Å². The second kappa shape index (κ2) is 9.75. The maximum absolute atomic E-state index is 11.7. The van der Waals surface area contributed by atoms with Crippen LogP contribution in [0.15, 0.2) is 48.5 Å². The van der Waals surface area contributed by atoms with Crippen LogP contribution in [0.5, 0.6) is 17.2 Å². The molecule has 0 amide bonds. The van der Waals surface area contributed by atoms with E-state index in [4.69, 9.17) is 23.7 Å². The number of esters is 1. The lowest BCUT2D eigenvalue weighted by Crippen LogP contribution is -2.31. The summed E-state index contributed by atoms with van der Waals surface area (Å²) in [5.41, 5.74) is 7.49. The summed E-state index contributed by atoms with van der Waals surface area (Å²) in [5, 5.41) is 0. The van der Waals surface area contributed by atoms with Crippen LogP contribution < -0.4 is 14.2 Å². The van der Waals surface area contributed by atoms with E-state index in [1.54, 1.807) is 7.11 Å². The summed E-state index contributed by atoms with van der Waals surface area (Å²) >= 11 is 0. The Bertz CT molecular complexity index is 1340. The summed E-state index contributed by atoms with van der Waals surface area (Å²) in [4.78, 5) is 11.7. The molecule has 3 aromatic rings. The van der Waals surface area contributed by atoms with Gasteiger partial charge in [-0.2, -0.15) is 0 Å². The highest BCUT2D eigenvalue weighted by Crippen LogP contribution is 2.49. The van der Waals surface area contributed by atoms with E-state index in [1.807, 2.05) is 18.2 Å². The molecule has 0 saturated heterocycles. The van der Waals surface area contributed by atoms with Gasteiger partial charge in [0.1, 0.15) is 35.6 Å². The van der Waals surface area contributed by atoms with Crippen LogP contribution in [0.4, 0.5) is 0 Å². The minimum atomic E-state index is -0.415. The number of rotatable bonds is 7. The fourth-order valence-corrected chi connectivity index (χ4v) is 5.69. The number of hydrogen-bond donors (Lipinski definition) is 0. The Morgan fingerprint density at radius 1 is 1.05 bits per heavy atom. The third kappa shape index (κ3) is 4.66. The van der Waals surface area contributed by atoms with Crippen molar-refractivity contribution in [2.75, 3.05) is 20.8 Å². The molecule has 1 unspecified atom stereocenters. The van der Waals surface area contributed by atoms with Gasteiger partial charge in [-0.25, -0.2) is 0 Å². The normalized spacial score (nSPS) is 19.0. The molecular weight excluding hydrogens is 468 g/mol. The number of aryl methyl sites for hydroxylation is 1. The molecule has 0 aromatic heterocycles. The number of carbonyl (C=O) groups excluding carboxylic acids is 1. The molecule has 2 aliphatic heterocycles. The van der Waals surface area contributed by atoms with E-state index in [2.05, 4.69) is 58.0 Å². The van der Waals surface area contributed by atoms with Crippen LogP contribution in [0, 0.1) is 13.8 Å². The molecule has 2 heterocycles. The molecule has 2 atom stereocenters. The van der Waals surface area contributed by atoms with E-state index in [9.17, 15) is 4.79 Å². The molecule has 0 aliphatic carbocycles. The zero-order valence-electron chi connectivity index (χ0n) is 22.3. The van der Waals surface area contributed by atoms with Crippen molar-refractivity contribution < 1.29 is 28.5 Å². The average molecular weight is 503 g/mol. The van der Waals surface area contributed by atoms with Crippen molar-refractivity contribution in [3.05, 3.63) is 76.3 Å². The molecule has 6 heteroatoms. The number of benzene rings is 3. The average Bonchev–Trinajstić information content (AvgIpc) is 3.38. The van der Waals surface area contributed by atoms with E-state index >= 15 is 0 Å². The van der Waals surface area contributed by atoms with E-state index in [0.717, 1.165) is 39.5 Å². The van der Waals surface area contributed by atoms with Gasteiger partial charge in [0, 0.05) is 30.2 Å². The Kier molecular flexibility index (Phi) is 6.63. The van der Waals surface area contributed by atoms with Crippen molar-refractivity contribution in [3.8, 4) is 28.4 Å². The first-order chi connectivity index (χ1) is 17.7. The summed E-state index contributed by atoms with van der Waals surface area (Å²) in [6.45, 7) is 9.31. The maximum atomic E-state index is 11.7. The number of methoxy groups -OCH3 is 2. The molecule has 194 valence electrons. The van der Waals surface area contributed by atoms with Crippen LogP contribution in [0.25, 0.3) is 11.1 Å². The Labute approximate surface area is 218 Å². The predicted molar refractivity (Wildman–Crippen MR) is 141 cm³/mol. The highest BCUT2D eigenvalue weighted by atomic mass is 16.6. The summed E-state index contributed by atoms with van der Waals surface area (Å²) in [6, 6.07) is 16.4. The van der Waals surface area contributed by atoms with Crippen molar-refractivity contribution in [2.24, 2.45) is 0 Å². The first-order valence-corrected chi connectivity index (χ1v) is 12.6. The largest absolute Gasteiger partial charge is 0.492 e. The van der Waals surface area contributed by atoms with Gasteiger partial charge >= 0.3 is 5.97 Å². The van der Waals surface area contributed by atoms with Crippen LogP contribution in [-0.2, 0) is 20.9 Å². The van der Waals surface area contributed by atoms with Crippen LogP contribution in [0.2, 0.25) is 0 Å². The summed E-state index contributed by atoms with van der Waals surface area (Å²) < 4.78 is 28.9. The Hall–Kier alpha value is -3.51. The number of hydrogen-bond acceptors (Lipinski definition) is 6. The molecular formula is C31H34O6. The SMILES string of the molecule is COC(=O)C[C@@H]1COc2cc(OCc3cccc(-c4c(C)cc5c(c4C)C(OC)C(C)(C)O5)c3)ccc21. The van der Waals surface area contributed by atoms with Gasteiger partial charge < -0.3 is 23.7 Å². The van der Waals surface area contributed by atoms with Crippen molar-refractivity contribution in [1.29, 1.82) is 0 Å². The smallest absolute Gasteiger partial charge is 0.306 e. The molecule has 2 aliphatic rings. The predicted octanol–water partition coefficient (Wildman–Crippen LogP) is 6.45. The van der Waals surface area contributed by atoms with Crippen molar-refractivity contribution in [2.45, 2.75) is 58.3 Å². The number of ether oxygens (including phenoxy) is 5. The monoisotopic (exact) mass is 502 g/mol. The topological polar surface area (TPSA) is 63.2 Å². The van der Waals surface area contributed by atoms with Crippen molar-refractivity contribution >= 4 is 5.97 Å². The molecule has 5 rings (SSSR count). The fraction of sp³-hybridized carbons (Fsp3) is 0.387. The van der Waals surface area contributed by atoms with E-state index < -0.39 is 5.60 Å². The molecule has 0 spiro atoms. The van der Waals surface area contributed by atoms with Crippen LogP contribution in [-0.4, -0.2) is 32.4 Å². The fourth-order valence-electron chi connectivity index (χ4n) is 5.69. The maximum Gasteiger partial charge on any atom is 0.306 e. The van der Waals surface area contributed by atoms with Crippen LogP contribution in [0.1, 0.15) is 60.1 Å². The molecule has 37 heavy (non-hydrogen) atoms. The van der Waals surface area contributed by atoms with Crippen molar-refractivity contribution in [1.82, 2.24) is 0 Å². The highest BCUT2D eigenvalue weighted by molar-refractivity contribution is 5.75. The summed E-state index contributed by atoms with van der Waals surface area (Å²) in [5.74, 6) is 2.19. The Morgan fingerprint density at radius 3 is 2.62 bits per heavy atom. The molecule has 0 N–H and O–H groups in total. The second-order valence-electron chi connectivity index (χ2n) is 10.4. The first-order valence-electron chi connectivity index (χ1n) is 12.6. The molecule has 0 radical (unpaired) electrons. The zero-order valence-corrected chi connectivity index (χ0v) is 22.3. The van der Waals surface area contributed by atoms with Gasteiger partial charge in [-0.05, 0) is 73.7 Å². The van der Waals surface area contributed by atoms with Gasteiger partial charge in [0.05, 0.1) is 20.1 Å². The van der Waals surface area contributed by atoms with Gasteiger partial charge in [0.25, 0.3) is 0 Å². The van der Waals surface area contributed by atoms with Gasteiger partial charge in [0.2, 0.25) is 0 Å². The summed E-state index contributed by atoms with van der Waals surface area (Å²) in [6.07, 6.45) is 0.190. The van der Waals surface area contributed by atoms with Crippen molar-refractivity contribution in [3.63, 3.8) is 0 Å². The molecule has 0 bridgehead atoms. The first kappa shape index (κ1) is 25.2. The lowest BCUT2D eigenvalue weighted by molar-refractivity contribution is -0.141. The third-order valence-electron chi connectivity index (χ3n) is 7.42. The third-order valence-corrected chi connectivity index (χ3v) is 7.42. The Balaban J connectivity index is 1.35. The Morgan fingerprint density at radius 2 is 1.86 bits per heavy atom. The standard InChI is InChI=1S/C31H34O6/c1-18-12-26-29(30(34-6)31(3,4)37-26)19(2)28(18)21-9-7-8-20(13-21)16-35-23-10-11-24-22(14-27(32)33-5)17-36-25(24)15-23/h7-13,15,22,30H,14,16-17H2,1-6H3/t22-,30?/m1/s1. The van der Waals surface area contributed by atoms with E-state index in [-0.39, 0.29) is 18.0 Å². The summed E-state index contributed by atoms with van der Waals surface area (Å²) in [7, 11) is 3.15. The lowest BCUT2D eigenvalue weighted by Gasteiger charge is -2.25. The minimum Gasteiger partial charge on any atom is -0.492 e. The molecule has 0 saturated carbocycles. The minimum absolute atomic E-state index is 0.0145. The number of fused-ring (bicyclic) bond motifs is 2. The molecule has 3 aromatic carbocycles. The van der Waals surface area contributed by atoms with Crippen LogP contribution >= 0.6 is 0 Å². The lowest BCUT2D eigenvalue weighted by atomic mass is 9.87. The number of carbonyl (C=O) groups is 1. The van der Waals surface area contributed by atoms with E-state index in [1.165, 1.54) is 23.8 Å². The highest BCUT2D eigenvalue weighted by Gasteiger charge is 2.43. The second-order valence-corrected chi connectivity index (χ2v) is 10.4. The van der Waals surface area contributed by atoms with Gasteiger partial charge in [0.15, 0.2) is 0 Å². The molecule has 6 nitrogen and oxygen atoms in total. The van der Waals surface area contributed by atoms with Crippen LogP contribution in [0.3, 0.4) is 0 Å². The van der Waals surface area contributed by atoms with Gasteiger partial charge in [-0.15, -0.1) is 0 Å². The quantitative estimate of drug-likeness (QED) is 0.346. The van der Waals surface area contributed by atoms with Gasteiger partial charge in [-0.1, -0.05) is 24.3 Å². The molecule has 0 fully saturated rings.